The van der Waals surface area contributed by atoms with E-state index >= 15 is 0 Å². The summed E-state index contributed by atoms with van der Waals surface area (Å²) in [6, 6.07) is 58.6. The van der Waals surface area contributed by atoms with Gasteiger partial charge in [-0.3, -0.25) is 0 Å². The molecule has 1 heteroatoms. The van der Waals surface area contributed by atoms with E-state index < -0.39 is 0 Å². The highest BCUT2D eigenvalue weighted by molar-refractivity contribution is 6.12. The summed E-state index contributed by atoms with van der Waals surface area (Å²) in [6.07, 6.45) is 0. The van der Waals surface area contributed by atoms with E-state index in [1.807, 2.05) is 0 Å². The monoisotopic (exact) mass is 655 g/mol. The minimum absolute atomic E-state index is 0.147. The lowest BCUT2D eigenvalue weighted by Crippen LogP contribution is -2.13. The summed E-state index contributed by atoms with van der Waals surface area (Å²) in [5, 5.41) is 5.08. The molecule has 0 unspecified atom stereocenters. The lowest BCUT2D eigenvalue weighted by molar-refractivity contribution is 0.590. The first kappa shape index (κ1) is 31.1. The Bertz CT molecular complexity index is 2600. The van der Waals surface area contributed by atoms with Crippen LogP contribution in [0.1, 0.15) is 37.5 Å². The normalized spacial score (nSPS) is 12.0. The van der Waals surface area contributed by atoms with Gasteiger partial charge in [0, 0.05) is 11.4 Å². The Balaban J connectivity index is 1.12. The fraction of sp³-hybridized carbons (Fsp3) is 0.120. The third-order valence-corrected chi connectivity index (χ3v) is 10.7. The van der Waals surface area contributed by atoms with Crippen LogP contribution in [0.3, 0.4) is 0 Å². The van der Waals surface area contributed by atoms with E-state index in [1.54, 1.807) is 0 Å². The molecular formula is C50H41N. The number of fused-ring (bicyclic) bond motifs is 6. The lowest BCUT2D eigenvalue weighted by Gasteiger charge is -2.30. The third kappa shape index (κ3) is 5.41. The molecule has 0 saturated carbocycles. The molecule has 1 nitrogen and oxygen atoms in total. The van der Waals surface area contributed by atoms with Gasteiger partial charge in [-0.2, -0.15) is 0 Å². The van der Waals surface area contributed by atoms with Gasteiger partial charge in [-0.25, -0.2) is 0 Å². The zero-order chi connectivity index (χ0) is 34.9. The van der Waals surface area contributed by atoms with Crippen LogP contribution < -0.4 is 4.90 Å². The first-order valence-corrected chi connectivity index (χ1v) is 18.0. The standard InChI is InChI=1S/C50H41N/c1-32-11-9-12-33(2)49(32)51(43-16-10-15-36(26-43)34-13-7-6-8-14-34)44-24-21-39-29-46-45-28-38-18-17-37(35-19-22-42(23-20-35)50(3,4)5)25-40(38)30-47(45)48(46)31-41(39)27-44/h6-31H,1-5H3. The van der Waals surface area contributed by atoms with Crippen LogP contribution in [-0.2, 0) is 5.41 Å². The van der Waals surface area contributed by atoms with E-state index in [1.165, 1.54) is 88.4 Å². The van der Waals surface area contributed by atoms with Crippen molar-refractivity contribution in [2.45, 2.75) is 40.0 Å². The Hall–Kier alpha value is -5.92. The Morgan fingerprint density at radius 1 is 0.373 bits per heavy atom. The lowest BCUT2D eigenvalue weighted by atomic mass is 9.77. The van der Waals surface area contributed by atoms with Gasteiger partial charge < -0.3 is 4.90 Å². The molecule has 9 rings (SSSR count). The highest BCUT2D eigenvalue weighted by atomic mass is 15.1. The molecule has 51 heavy (non-hydrogen) atoms. The molecule has 0 saturated heterocycles. The van der Waals surface area contributed by atoms with Gasteiger partial charge in [-0.1, -0.05) is 124 Å². The molecule has 1 aliphatic rings. The molecule has 0 spiro atoms. The summed E-state index contributed by atoms with van der Waals surface area (Å²) in [7, 11) is 0. The van der Waals surface area contributed by atoms with Crippen molar-refractivity contribution in [2.75, 3.05) is 4.90 Å². The van der Waals surface area contributed by atoms with Crippen LogP contribution in [0.15, 0.2) is 158 Å². The second-order valence-corrected chi connectivity index (χ2v) is 15.2. The highest BCUT2D eigenvalue weighted by Gasteiger charge is 2.25. The van der Waals surface area contributed by atoms with E-state index in [-0.39, 0.29) is 5.41 Å². The fourth-order valence-corrected chi connectivity index (χ4v) is 7.91. The molecule has 0 atom stereocenters. The van der Waals surface area contributed by atoms with Crippen LogP contribution in [-0.4, -0.2) is 0 Å². The number of benzene rings is 8. The third-order valence-electron chi connectivity index (χ3n) is 10.7. The molecule has 0 amide bonds. The Labute approximate surface area is 301 Å². The Morgan fingerprint density at radius 2 is 0.863 bits per heavy atom. The number of para-hydroxylation sites is 1. The molecule has 8 aromatic carbocycles. The second kappa shape index (κ2) is 11.9. The summed E-state index contributed by atoms with van der Waals surface area (Å²) in [5.41, 5.74) is 17.9. The van der Waals surface area contributed by atoms with E-state index in [2.05, 4.69) is 197 Å². The summed E-state index contributed by atoms with van der Waals surface area (Å²) < 4.78 is 0. The summed E-state index contributed by atoms with van der Waals surface area (Å²) >= 11 is 0. The Kier molecular flexibility index (Phi) is 7.22. The van der Waals surface area contributed by atoms with E-state index in [0.29, 0.717) is 0 Å². The Morgan fingerprint density at radius 3 is 1.51 bits per heavy atom. The SMILES string of the molecule is Cc1cccc(C)c1N(c1cccc(-c2ccccc2)c1)c1ccc2cc3c(cc2c1)-c1cc2cc(-c4ccc(C(C)(C)C)cc4)ccc2cc1-3. The van der Waals surface area contributed by atoms with E-state index in [4.69, 9.17) is 0 Å². The molecule has 246 valence electrons. The van der Waals surface area contributed by atoms with Crippen molar-refractivity contribution >= 4 is 38.6 Å². The first-order chi connectivity index (χ1) is 24.7. The fourth-order valence-electron chi connectivity index (χ4n) is 7.91. The van der Waals surface area contributed by atoms with E-state index in [0.717, 1.165) is 11.4 Å². The molecule has 0 aliphatic heterocycles. The van der Waals surface area contributed by atoms with Crippen molar-refractivity contribution in [1.82, 2.24) is 0 Å². The number of hydrogen-bond acceptors (Lipinski definition) is 1. The van der Waals surface area contributed by atoms with Crippen LogP contribution >= 0.6 is 0 Å². The molecule has 1 aliphatic carbocycles. The molecule has 0 N–H and O–H groups in total. The van der Waals surface area contributed by atoms with Crippen LogP contribution in [0, 0.1) is 13.8 Å². The van der Waals surface area contributed by atoms with Gasteiger partial charge in [0.15, 0.2) is 0 Å². The molecule has 0 bridgehead atoms. The van der Waals surface area contributed by atoms with Crippen LogP contribution in [0.2, 0.25) is 0 Å². The minimum atomic E-state index is 0.147. The number of hydrogen-bond donors (Lipinski definition) is 0. The maximum atomic E-state index is 2.44. The predicted octanol–water partition coefficient (Wildman–Crippen LogP) is 14.4. The maximum Gasteiger partial charge on any atom is 0.0519 e. The first-order valence-electron chi connectivity index (χ1n) is 18.0. The topological polar surface area (TPSA) is 3.24 Å². The zero-order valence-corrected chi connectivity index (χ0v) is 30.0. The van der Waals surface area contributed by atoms with Gasteiger partial charge in [0.1, 0.15) is 0 Å². The van der Waals surface area contributed by atoms with Gasteiger partial charge in [-0.15, -0.1) is 0 Å². The van der Waals surface area contributed by atoms with Crippen LogP contribution in [0.4, 0.5) is 17.1 Å². The molecule has 0 fully saturated rings. The van der Waals surface area contributed by atoms with Crippen molar-refractivity contribution in [2.24, 2.45) is 0 Å². The number of anilines is 3. The van der Waals surface area contributed by atoms with Gasteiger partial charge in [0.2, 0.25) is 0 Å². The van der Waals surface area contributed by atoms with Gasteiger partial charge >= 0.3 is 0 Å². The van der Waals surface area contributed by atoms with Gasteiger partial charge in [0.05, 0.1) is 5.69 Å². The van der Waals surface area contributed by atoms with Gasteiger partial charge in [-0.05, 0) is 157 Å². The van der Waals surface area contributed by atoms with Crippen LogP contribution in [0.25, 0.3) is 66.1 Å². The average molecular weight is 656 g/mol. The largest absolute Gasteiger partial charge is 0.310 e. The van der Waals surface area contributed by atoms with Crippen molar-refractivity contribution in [3.63, 3.8) is 0 Å². The second-order valence-electron chi connectivity index (χ2n) is 15.2. The minimum Gasteiger partial charge on any atom is -0.310 e. The molecule has 0 heterocycles. The maximum absolute atomic E-state index is 2.44. The zero-order valence-electron chi connectivity index (χ0n) is 30.0. The number of nitrogens with zero attached hydrogens (tertiary/aromatic N) is 1. The number of rotatable bonds is 5. The van der Waals surface area contributed by atoms with Crippen molar-refractivity contribution < 1.29 is 0 Å². The highest BCUT2D eigenvalue weighted by Crippen LogP contribution is 2.51. The molecule has 0 aromatic heterocycles. The molecular weight excluding hydrogens is 615 g/mol. The van der Waals surface area contributed by atoms with E-state index in [9.17, 15) is 0 Å². The summed E-state index contributed by atoms with van der Waals surface area (Å²) in [6.45, 7) is 11.2. The molecule has 8 aromatic rings. The predicted molar refractivity (Wildman–Crippen MR) is 220 cm³/mol. The van der Waals surface area contributed by atoms with Crippen molar-refractivity contribution in [3.05, 3.63) is 174 Å². The summed E-state index contributed by atoms with van der Waals surface area (Å²) in [5.74, 6) is 0. The molecule has 0 radical (unpaired) electrons. The van der Waals surface area contributed by atoms with Gasteiger partial charge in [0.25, 0.3) is 0 Å². The van der Waals surface area contributed by atoms with Crippen molar-refractivity contribution in [3.8, 4) is 44.5 Å². The quantitative estimate of drug-likeness (QED) is 0.178. The van der Waals surface area contributed by atoms with Crippen LogP contribution in [0.5, 0.6) is 0 Å². The van der Waals surface area contributed by atoms with Crippen molar-refractivity contribution in [1.29, 1.82) is 0 Å². The smallest absolute Gasteiger partial charge is 0.0519 e. The number of aryl methyl sites for hydroxylation is 2. The average Bonchev–Trinajstić information content (AvgIpc) is 3.15. The summed E-state index contributed by atoms with van der Waals surface area (Å²) in [4.78, 5) is 2.44.